The first-order chi connectivity index (χ1) is 7.42. The normalized spacial score (nSPS) is 21.2. The highest BCUT2D eigenvalue weighted by Gasteiger charge is 2.35. The first-order valence-electron chi connectivity index (χ1n) is 7.42. The standard InChI is InChI=1S/C16H34/c1-8-11-15(6)16(7,14(5)10-3)12-13(4)9-2/h13-15H,8-12H2,1-7H3. The van der Waals surface area contributed by atoms with Gasteiger partial charge in [-0.2, -0.15) is 0 Å². The van der Waals surface area contributed by atoms with Gasteiger partial charge in [0.25, 0.3) is 0 Å². The van der Waals surface area contributed by atoms with Crippen LogP contribution in [0.4, 0.5) is 0 Å². The molecule has 0 amide bonds. The first-order valence-corrected chi connectivity index (χ1v) is 7.42. The molecule has 0 spiro atoms. The van der Waals surface area contributed by atoms with Gasteiger partial charge in [0, 0.05) is 0 Å². The van der Waals surface area contributed by atoms with Crippen LogP contribution in [-0.4, -0.2) is 0 Å². The molecule has 0 radical (unpaired) electrons. The lowest BCUT2D eigenvalue weighted by atomic mass is 9.63. The molecule has 0 saturated carbocycles. The van der Waals surface area contributed by atoms with Gasteiger partial charge in [-0.25, -0.2) is 0 Å². The van der Waals surface area contributed by atoms with E-state index in [0.29, 0.717) is 5.41 Å². The summed E-state index contributed by atoms with van der Waals surface area (Å²) in [5, 5.41) is 0. The van der Waals surface area contributed by atoms with E-state index in [9.17, 15) is 0 Å². The summed E-state index contributed by atoms with van der Waals surface area (Å²) in [6.45, 7) is 16.9. The lowest BCUT2D eigenvalue weighted by Crippen LogP contribution is -2.34. The van der Waals surface area contributed by atoms with Crippen LogP contribution in [0.2, 0.25) is 0 Å². The molecule has 0 fully saturated rings. The average molecular weight is 226 g/mol. The van der Waals surface area contributed by atoms with Gasteiger partial charge in [0.1, 0.15) is 0 Å². The van der Waals surface area contributed by atoms with Crippen LogP contribution in [0.1, 0.15) is 80.6 Å². The van der Waals surface area contributed by atoms with E-state index >= 15 is 0 Å². The predicted octanol–water partition coefficient (Wildman–Crippen LogP) is 5.91. The van der Waals surface area contributed by atoms with E-state index < -0.39 is 0 Å². The van der Waals surface area contributed by atoms with E-state index in [-0.39, 0.29) is 0 Å². The second-order valence-corrected chi connectivity index (χ2v) is 6.22. The molecule has 16 heavy (non-hydrogen) atoms. The zero-order chi connectivity index (χ0) is 12.8. The quantitative estimate of drug-likeness (QED) is 0.482. The van der Waals surface area contributed by atoms with Crippen LogP contribution in [0, 0.1) is 23.2 Å². The molecule has 0 aliphatic carbocycles. The van der Waals surface area contributed by atoms with Crippen LogP contribution in [-0.2, 0) is 0 Å². The number of rotatable bonds is 8. The molecule has 0 aromatic heterocycles. The van der Waals surface area contributed by atoms with E-state index in [1.54, 1.807) is 0 Å². The van der Waals surface area contributed by atoms with E-state index in [2.05, 4.69) is 48.5 Å². The average Bonchev–Trinajstić information content (AvgIpc) is 2.27. The summed E-state index contributed by atoms with van der Waals surface area (Å²) in [4.78, 5) is 0. The van der Waals surface area contributed by atoms with Gasteiger partial charge in [-0.1, -0.05) is 74.1 Å². The van der Waals surface area contributed by atoms with Gasteiger partial charge in [0.2, 0.25) is 0 Å². The summed E-state index contributed by atoms with van der Waals surface area (Å²) in [5.74, 6) is 2.59. The number of hydrogen-bond acceptors (Lipinski definition) is 0. The van der Waals surface area contributed by atoms with Crippen LogP contribution in [0.5, 0.6) is 0 Å². The summed E-state index contributed by atoms with van der Waals surface area (Å²) in [5.41, 5.74) is 0.542. The molecular formula is C16H34. The molecular weight excluding hydrogens is 192 g/mol. The smallest absolute Gasteiger partial charge is 0.0272 e. The zero-order valence-electron chi connectivity index (χ0n) is 12.8. The summed E-state index contributed by atoms with van der Waals surface area (Å²) >= 11 is 0. The molecule has 0 aliphatic rings. The van der Waals surface area contributed by atoms with Crippen LogP contribution in [0.25, 0.3) is 0 Å². The molecule has 0 aromatic carbocycles. The largest absolute Gasteiger partial charge is 0.0654 e. The fourth-order valence-electron chi connectivity index (χ4n) is 3.01. The maximum Gasteiger partial charge on any atom is -0.0272 e. The van der Waals surface area contributed by atoms with Crippen LogP contribution in [0.3, 0.4) is 0 Å². The van der Waals surface area contributed by atoms with Crippen molar-refractivity contribution in [3.05, 3.63) is 0 Å². The molecule has 0 aliphatic heterocycles. The van der Waals surface area contributed by atoms with Crippen molar-refractivity contribution in [3.63, 3.8) is 0 Å². The van der Waals surface area contributed by atoms with Gasteiger partial charge >= 0.3 is 0 Å². The molecule has 0 nitrogen and oxygen atoms in total. The third-order valence-corrected chi connectivity index (χ3v) is 5.07. The van der Waals surface area contributed by atoms with E-state index in [4.69, 9.17) is 0 Å². The highest BCUT2D eigenvalue weighted by atomic mass is 14.4. The van der Waals surface area contributed by atoms with Crippen molar-refractivity contribution in [2.45, 2.75) is 80.6 Å². The van der Waals surface area contributed by atoms with Crippen molar-refractivity contribution in [2.24, 2.45) is 23.2 Å². The molecule has 0 aromatic rings. The molecule has 4 unspecified atom stereocenters. The van der Waals surface area contributed by atoms with Crippen molar-refractivity contribution in [1.29, 1.82) is 0 Å². The molecule has 0 bridgehead atoms. The third kappa shape index (κ3) is 4.11. The number of hydrogen-bond donors (Lipinski definition) is 0. The van der Waals surface area contributed by atoms with Crippen LogP contribution < -0.4 is 0 Å². The fourth-order valence-corrected chi connectivity index (χ4v) is 3.01. The predicted molar refractivity (Wildman–Crippen MR) is 75.7 cm³/mol. The Bertz CT molecular complexity index is 173. The molecule has 0 heterocycles. The van der Waals surface area contributed by atoms with Crippen molar-refractivity contribution in [1.82, 2.24) is 0 Å². The van der Waals surface area contributed by atoms with Crippen molar-refractivity contribution in [2.75, 3.05) is 0 Å². The van der Waals surface area contributed by atoms with Crippen LogP contribution in [0.15, 0.2) is 0 Å². The topological polar surface area (TPSA) is 0 Å². The minimum atomic E-state index is 0.542. The maximum atomic E-state index is 2.54. The van der Waals surface area contributed by atoms with Crippen LogP contribution >= 0.6 is 0 Å². The summed E-state index contributed by atoms with van der Waals surface area (Å²) in [6, 6.07) is 0. The molecule has 0 heteroatoms. The third-order valence-electron chi connectivity index (χ3n) is 5.07. The van der Waals surface area contributed by atoms with Gasteiger partial charge in [-0.3, -0.25) is 0 Å². The highest BCUT2D eigenvalue weighted by Crippen LogP contribution is 2.45. The molecule has 0 saturated heterocycles. The van der Waals surface area contributed by atoms with Gasteiger partial charge < -0.3 is 0 Å². The van der Waals surface area contributed by atoms with Gasteiger partial charge in [0.05, 0.1) is 0 Å². The fraction of sp³-hybridized carbons (Fsp3) is 1.00. The Balaban J connectivity index is 4.72. The lowest BCUT2D eigenvalue weighted by molar-refractivity contribution is 0.0705. The monoisotopic (exact) mass is 226 g/mol. The summed E-state index contributed by atoms with van der Waals surface area (Å²) in [6.07, 6.45) is 6.76. The first kappa shape index (κ1) is 16.0. The van der Waals surface area contributed by atoms with Crippen molar-refractivity contribution >= 4 is 0 Å². The Morgan fingerprint density at radius 2 is 1.44 bits per heavy atom. The second kappa shape index (κ2) is 7.35. The maximum absolute atomic E-state index is 2.54. The second-order valence-electron chi connectivity index (χ2n) is 6.22. The Kier molecular flexibility index (Phi) is 7.35. The van der Waals surface area contributed by atoms with Crippen molar-refractivity contribution in [3.8, 4) is 0 Å². The highest BCUT2D eigenvalue weighted by molar-refractivity contribution is 4.85. The Morgan fingerprint density at radius 1 is 0.875 bits per heavy atom. The van der Waals surface area contributed by atoms with Gasteiger partial charge in [0.15, 0.2) is 0 Å². The Morgan fingerprint density at radius 3 is 1.81 bits per heavy atom. The molecule has 0 N–H and O–H groups in total. The Hall–Kier alpha value is 0. The van der Waals surface area contributed by atoms with E-state index in [1.807, 2.05) is 0 Å². The summed E-state index contributed by atoms with van der Waals surface area (Å²) < 4.78 is 0. The minimum absolute atomic E-state index is 0.542. The minimum Gasteiger partial charge on any atom is -0.0654 e. The molecule has 4 atom stereocenters. The van der Waals surface area contributed by atoms with Gasteiger partial charge in [-0.05, 0) is 29.6 Å². The van der Waals surface area contributed by atoms with Gasteiger partial charge in [-0.15, -0.1) is 0 Å². The Labute approximate surface area is 104 Å². The summed E-state index contributed by atoms with van der Waals surface area (Å²) in [7, 11) is 0. The molecule has 98 valence electrons. The lowest BCUT2D eigenvalue weighted by Gasteiger charge is -2.43. The zero-order valence-corrected chi connectivity index (χ0v) is 12.8. The van der Waals surface area contributed by atoms with E-state index in [0.717, 1.165) is 17.8 Å². The SMILES string of the molecule is CCCC(C)C(C)(CC(C)CC)C(C)CC. The molecule has 0 rings (SSSR count). The van der Waals surface area contributed by atoms with Crippen molar-refractivity contribution < 1.29 is 0 Å². The van der Waals surface area contributed by atoms with E-state index in [1.165, 1.54) is 32.1 Å².